The molecule has 0 bridgehead atoms. The van der Waals surface area contributed by atoms with Crippen LogP contribution in [0.4, 0.5) is 5.69 Å². The number of hydrogen-bond acceptors (Lipinski definition) is 2. The van der Waals surface area contributed by atoms with Gasteiger partial charge in [-0.25, -0.2) is 0 Å². The molecule has 0 saturated heterocycles. The number of rotatable bonds is 2. The zero-order valence-corrected chi connectivity index (χ0v) is 8.56. The summed E-state index contributed by atoms with van der Waals surface area (Å²) in [6, 6.07) is 3.97. The smallest absolute Gasteiger partial charge is 0.160 e. The van der Waals surface area contributed by atoms with Gasteiger partial charge in [-0.3, -0.25) is 4.79 Å². The molecule has 2 nitrogen and oxygen atoms in total. The quantitative estimate of drug-likeness (QED) is 0.703. The van der Waals surface area contributed by atoms with Gasteiger partial charge >= 0.3 is 0 Å². The van der Waals surface area contributed by atoms with Crippen molar-refractivity contribution in [1.29, 1.82) is 0 Å². The summed E-state index contributed by atoms with van der Waals surface area (Å²) in [5, 5.41) is 3.08. The Labute approximate surface area is 79.0 Å². The number of carbonyl (C=O) groups excluding carboxylic acids is 1. The Morgan fingerprint density at radius 1 is 1.31 bits per heavy atom. The third-order valence-electron chi connectivity index (χ3n) is 2.20. The third kappa shape index (κ3) is 1.89. The van der Waals surface area contributed by atoms with Crippen LogP contribution in [0.1, 0.15) is 28.4 Å². The van der Waals surface area contributed by atoms with Gasteiger partial charge in [-0.05, 0) is 44.0 Å². The second-order valence-corrected chi connectivity index (χ2v) is 3.29. The average Bonchev–Trinajstić information content (AvgIpc) is 2.08. The molecule has 0 aromatic heterocycles. The zero-order chi connectivity index (χ0) is 10.0. The van der Waals surface area contributed by atoms with Crippen molar-refractivity contribution in [2.45, 2.75) is 20.8 Å². The van der Waals surface area contributed by atoms with Gasteiger partial charge in [-0.2, -0.15) is 0 Å². The van der Waals surface area contributed by atoms with Crippen molar-refractivity contribution < 1.29 is 4.79 Å². The minimum absolute atomic E-state index is 0.123. The maximum atomic E-state index is 11.3. The molecular weight excluding hydrogens is 162 g/mol. The van der Waals surface area contributed by atoms with E-state index in [1.165, 1.54) is 0 Å². The molecule has 2 heteroatoms. The number of carbonyl (C=O) groups is 1. The molecule has 0 heterocycles. The predicted octanol–water partition coefficient (Wildman–Crippen LogP) is 2.55. The highest BCUT2D eigenvalue weighted by Crippen LogP contribution is 2.21. The van der Waals surface area contributed by atoms with E-state index in [1.807, 2.05) is 33.0 Å². The summed E-state index contributed by atoms with van der Waals surface area (Å²) in [6.07, 6.45) is 0. The Morgan fingerprint density at radius 3 is 2.38 bits per heavy atom. The van der Waals surface area contributed by atoms with Crippen molar-refractivity contribution in [3.63, 3.8) is 0 Å². The lowest BCUT2D eigenvalue weighted by Crippen LogP contribution is -2.01. The lowest BCUT2D eigenvalue weighted by molar-refractivity contribution is 0.101. The molecule has 0 aliphatic rings. The van der Waals surface area contributed by atoms with E-state index in [2.05, 4.69) is 5.32 Å². The topological polar surface area (TPSA) is 29.1 Å². The minimum atomic E-state index is 0.123. The normalized spacial score (nSPS) is 9.85. The monoisotopic (exact) mass is 177 g/mol. The van der Waals surface area contributed by atoms with Crippen LogP contribution in [-0.2, 0) is 0 Å². The molecule has 70 valence electrons. The van der Waals surface area contributed by atoms with Gasteiger partial charge in [0.25, 0.3) is 0 Å². The third-order valence-corrected chi connectivity index (χ3v) is 2.20. The number of aryl methyl sites for hydroxylation is 1. The highest BCUT2D eigenvalue weighted by Gasteiger charge is 2.07. The van der Waals surface area contributed by atoms with Gasteiger partial charge in [0.15, 0.2) is 5.78 Å². The van der Waals surface area contributed by atoms with Crippen molar-refractivity contribution in [1.82, 2.24) is 0 Å². The highest BCUT2D eigenvalue weighted by atomic mass is 16.1. The van der Waals surface area contributed by atoms with Gasteiger partial charge in [0, 0.05) is 18.3 Å². The summed E-state index contributed by atoms with van der Waals surface area (Å²) in [5.74, 6) is 0.123. The van der Waals surface area contributed by atoms with Gasteiger partial charge in [-0.1, -0.05) is 0 Å². The Kier molecular flexibility index (Phi) is 2.71. The number of hydrogen-bond donors (Lipinski definition) is 1. The van der Waals surface area contributed by atoms with Crippen LogP contribution in [-0.4, -0.2) is 12.8 Å². The predicted molar refractivity (Wildman–Crippen MR) is 55.5 cm³/mol. The second kappa shape index (κ2) is 3.60. The van der Waals surface area contributed by atoms with Gasteiger partial charge in [0.2, 0.25) is 0 Å². The van der Waals surface area contributed by atoms with E-state index >= 15 is 0 Å². The van der Waals surface area contributed by atoms with Crippen LogP contribution in [0.25, 0.3) is 0 Å². The highest BCUT2D eigenvalue weighted by molar-refractivity contribution is 5.97. The van der Waals surface area contributed by atoms with E-state index in [9.17, 15) is 4.79 Å². The molecule has 0 fully saturated rings. The lowest BCUT2D eigenvalue weighted by Gasteiger charge is -2.10. The summed E-state index contributed by atoms with van der Waals surface area (Å²) in [4.78, 5) is 11.3. The maximum absolute atomic E-state index is 11.3. The summed E-state index contributed by atoms with van der Waals surface area (Å²) in [6.45, 7) is 5.55. The molecule has 0 amide bonds. The second-order valence-electron chi connectivity index (χ2n) is 3.29. The number of ketones is 1. The molecule has 0 aliphatic carbocycles. The molecule has 13 heavy (non-hydrogen) atoms. The Hall–Kier alpha value is -1.31. The molecule has 1 aromatic carbocycles. The molecule has 0 saturated carbocycles. The number of nitrogens with one attached hydrogen (secondary N) is 1. The van der Waals surface area contributed by atoms with Gasteiger partial charge in [-0.15, -0.1) is 0 Å². The fourth-order valence-corrected chi connectivity index (χ4v) is 1.48. The molecule has 0 radical (unpaired) electrons. The van der Waals surface area contributed by atoms with Crippen LogP contribution in [0.3, 0.4) is 0 Å². The first-order valence-electron chi connectivity index (χ1n) is 4.36. The molecule has 0 atom stereocenters. The minimum Gasteiger partial charge on any atom is -0.388 e. The van der Waals surface area contributed by atoms with E-state index in [0.29, 0.717) is 0 Å². The standard InChI is InChI=1S/C11H15NO/c1-7-5-10(9(3)13)8(2)11(6-7)12-4/h5-6,12H,1-4H3. The van der Waals surface area contributed by atoms with E-state index in [-0.39, 0.29) is 5.78 Å². The van der Waals surface area contributed by atoms with Gasteiger partial charge < -0.3 is 5.32 Å². The number of anilines is 1. The maximum Gasteiger partial charge on any atom is 0.160 e. The summed E-state index contributed by atoms with van der Waals surface area (Å²) >= 11 is 0. The average molecular weight is 177 g/mol. The number of benzene rings is 1. The van der Waals surface area contributed by atoms with Crippen LogP contribution in [0.2, 0.25) is 0 Å². The summed E-state index contributed by atoms with van der Waals surface area (Å²) < 4.78 is 0. The van der Waals surface area contributed by atoms with Crippen LogP contribution < -0.4 is 5.32 Å². The molecule has 1 rings (SSSR count). The molecule has 1 aromatic rings. The SMILES string of the molecule is CNc1cc(C)cc(C(C)=O)c1C. The first kappa shape index (κ1) is 9.78. The van der Waals surface area contributed by atoms with Crippen LogP contribution in [0, 0.1) is 13.8 Å². The largest absolute Gasteiger partial charge is 0.388 e. The fourth-order valence-electron chi connectivity index (χ4n) is 1.48. The van der Waals surface area contributed by atoms with Crippen molar-refractivity contribution in [3.8, 4) is 0 Å². The van der Waals surface area contributed by atoms with Gasteiger partial charge in [0.05, 0.1) is 0 Å². The first-order valence-corrected chi connectivity index (χ1v) is 4.36. The van der Waals surface area contributed by atoms with Crippen molar-refractivity contribution >= 4 is 11.5 Å². The molecule has 0 unspecified atom stereocenters. The van der Waals surface area contributed by atoms with E-state index in [4.69, 9.17) is 0 Å². The molecule has 0 aliphatic heterocycles. The summed E-state index contributed by atoms with van der Waals surface area (Å²) in [5.41, 5.74) is 3.98. The molecular formula is C11H15NO. The van der Waals surface area contributed by atoms with Crippen molar-refractivity contribution in [3.05, 3.63) is 28.8 Å². The van der Waals surface area contributed by atoms with E-state index in [1.54, 1.807) is 6.92 Å². The molecule has 0 spiro atoms. The first-order chi connectivity index (χ1) is 6.06. The Balaban J connectivity index is 3.35. The Bertz CT molecular complexity index is 342. The Morgan fingerprint density at radius 2 is 1.92 bits per heavy atom. The zero-order valence-electron chi connectivity index (χ0n) is 8.56. The lowest BCUT2D eigenvalue weighted by atomic mass is 10.0. The fraction of sp³-hybridized carbons (Fsp3) is 0.364. The number of Topliss-reactive ketones (excluding diaryl/α,β-unsaturated/α-hetero) is 1. The van der Waals surface area contributed by atoms with Crippen LogP contribution >= 0.6 is 0 Å². The van der Waals surface area contributed by atoms with Crippen molar-refractivity contribution in [2.24, 2.45) is 0 Å². The summed E-state index contributed by atoms with van der Waals surface area (Å²) in [7, 11) is 1.87. The van der Waals surface area contributed by atoms with Crippen LogP contribution in [0.5, 0.6) is 0 Å². The van der Waals surface area contributed by atoms with Crippen molar-refractivity contribution in [2.75, 3.05) is 12.4 Å². The van der Waals surface area contributed by atoms with Crippen LogP contribution in [0.15, 0.2) is 12.1 Å². The van der Waals surface area contributed by atoms with Gasteiger partial charge in [0.1, 0.15) is 0 Å². The van der Waals surface area contributed by atoms with E-state index < -0.39 is 0 Å². The molecule has 1 N–H and O–H groups in total. The van der Waals surface area contributed by atoms with E-state index in [0.717, 1.165) is 22.4 Å².